The first-order chi connectivity index (χ1) is 19.6. The molecule has 0 fully saturated rings. The summed E-state index contributed by atoms with van der Waals surface area (Å²) in [4.78, 5) is 24.7. The van der Waals surface area contributed by atoms with E-state index >= 15 is 0 Å². The van der Waals surface area contributed by atoms with E-state index in [2.05, 4.69) is 10.6 Å². The van der Waals surface area contributed by atoms with Gasteiger partial charge in [0.25, 0.3) is 11.8 Å². The summed E-state index contributed by atoms with van der Waals surface area (Å²) in [6, 6.07) is 8.36. The maximum Gasteiger partial charge on any atom is 0.261 e. The van der Waals surface area contributed by atoms with Crippen LogP contribution in [-0.2, 0) is 0 Å². The molecule has 2 N–H and O–H groups in total. The summed E-state index contributed by atoms with van der Waals surface area (Å²) in [5.41, 5.74) is -1.86. The third-order valence-corrected chi connectivity index (χ3v) is 6.16. The summed E-state index contributed by atoms with van der Waals surface area (Å²) < 4.78 is 136. The normalized spacial score (nSPS) is 11.0. The lowest BCUT2D eigenvalue weighted by molar-refractivity contribution is 0.100. The maximum atomic E-state index is 14.0. The van der Waals surface area contributed by atoms with Crippen LogP contribution >= 0.6 is 0 Å². The van der Waals surface area contributed by atoms with E-state index in [0.717, 1.165) is 0 Å². The van der Waals surface area contributed by atoms with Crippen LogP contribution in [0.3, 0.4) is 0 Å². The largest absolute Gasteiger partial charge is 0.322 e. The number of carbonyl (C=O) groups is 2. The average molecular weight is 600 g/mol. The molecule has 0 saturated carbocycles. The lowest BCUT2D eigenvalue weighted by Crippen LogP contribution is -2.20. The number of aryl methyl sites for hydroxylation is 2. The molecule has 0 aromatic heterocycles. The van der Waals surface area contributed by atoms with Gasteiger partial charge in [-0.2, -0.15) is 0 Å². The predicted octanol–water partition coefficient (Wildman–Crippen LogP) is 7.87. The van der Waals surface area contributed by atoms with Crippen LogP contribution in [0, 0.1) is 72.0 Å². The van der Waals surface area contributed by atoms with E-state index in [1.807, 2.05) is 0 Å². The lowest BCUT2D eigenvalue weighted by atomic mass is 9.99. The number of anilines is 2. The number of carbonyl (C=O) groups excluding carboxylic acids is 2. The highest BCUT2D eigenvalue weighted by molar-refractivity contribution is 6.06. The van der Waals surface area contributed by atoms with Crippen LogP contribution in [0.2, 0.25) is 0 Å². The van der Waals surface area contributed by atoms with E-state index < -0.39 is 81.1 Å². The van der Waals surface area contributed by atoms with Gasteiger partial charge in [-0.25, -0.2) is 43.9 Å². The van der Waals surface area contributed by atoms with Crippen molar-refractivity contribution < 1.29 is 53.5 Å². The Morgan fingerprint density at radius 3 is 0.976 bits per heavy atom. The van der Waals surface area contributed by atoms with E-state index in [-0.39, 0.29) is 11.4 Å². The summed E-state index contributed by atoms with van der Waals surface area (Å²) in [6.07, 6.45) is 0. The average Bonchev–Trinajstić information content (AvgIpc) is 2.95. The van der Waals surface area contributed by atoms with Crippen LogP contribution in [0.1, 0.15) is 31.8 Å². The molecular weight excluding hydrogens is 586 g/mol. The van der Waals surface area contributed by atoms with Gasteiger partial charge in [0, 0.05) is 11.4 Å². The SMILES string of the molecule is Cc1cc(-c2ccc(NC(=O)c3c(F)c(F)c(F)c(F)c3F)c(C)c2)ccc1NC(=O)c1c(F)c(F)c(F)c(F)c1F. The van der Waals surface area contributed by atoms with Crippen molar-refractivity contribution in [3.8, 4) is 11.1 Å². The van der Waals surface area contributed by atoms with Gasteiger partial charge in [0.1, 0.15) is 11.1 Å². The highest BCUT2D eigenvalue weighted by atomic mass is 19.2. The van der Waals surface area contributed by atoms with Gasteiger partial charge in [0.15, 0.2) is 46.5 Å². The van der Waals surface area contributed by atoms with Crippen molar-refractivity contribution in [2.75, 3.05) is 10.6 Å². The zero-order valence-corrected chi connectivity index (χ0v) is 21.1. The molecule has 4 aromatic carbocycles. The Bertz CT molecular complexity index is 1620. The number of rotatable bonds is 5. The molecule has 218 valence electrons. The highest BCUT2D eigenvalue weighted by Gasteiger charge is 2.31. The first-order valence-electron chi connectivity index (χ1n) is 11.5. The summed E-state index contributed by atoms with van der Waals surface area (Å²) in [7, 11) is 0. The molecule has 4 rings (SSSR count). The second-order valence-electron chi connectivity index (χ2n) is 8.86. The minimum atomic E-state index is -2.42. The molecule has 0 unspecified atom stereocenters. The van der Waals surface area contributed by atoms with Crippen LogP contribution in [0.15, 0.2) is 36.4 Å². The Hall–Kier alpha value is -4.88. The molecule has 0 bridgehead atoms. The topological polar surface area (TPSA) is 58.2 Å². The first kappa shape index (κ1) is 30.1. The molecule has 0 heterocycles. The zero-order valence-electron chi connectivity index (χ0n) is 21.1. The fourth-order valence-corrected chi connectivity index (χ4v) is 3.95. The number of hydrogen-bond donors (Lipinski definition) is 2. The summed E-state index contributed by atoms with van der Waals surface area (Å²) in [5.74, 6) is -26.4. The van der Waals surface area contributed by atoms with Crippen LogP contribution < -0.4 is 10.6 Å². The van der Waals surface area contributed by atoms with Crippen molar-refractivity contribution in [1.29, 1.82) is 0 Å². The van der Waals surface area contributed by atoms with Gasteiger partial charge < -0.3 is 10.6 Å². The zero-order chi connectivity index (χ0) is 31.2. The van der Waals surface area contributed by atoms with Gasteiger partial charge in [-0.3, -0.25) is 9.59 Å². The Labute approximate surface area is 229 Å². The van der Waals surface area contributed by atoms with Crippen LogP contribution in [0.25, 0.3) is 11.1 Å². The van der Waals surface area contributed by atoms with Crippen molar-refractivity contribution in [2.45, 2.75) is 13.8 Å². The molecule has 0 aliphatic heterocycles. The Morgan fingerprint density at radius 1 is 0.452 bits per heavy atom. The molecule has 0 spiro atoms. The molecule has 0 atom stereocenters. The Morgan fingerprint density at radius 2 is 0.714 bits per heavy atom. The lowest BCUT2D eigenvalue weighted by Gasteiger charge is -2.14. The fourth-order valence-electron chi connectivity index (χ4n) is 3.95. The molecule has 2 amide bonds. The standard InChI is InChI=1S/C28H14F10N2O2/c1-9-7-11(3-5-13(9)39-27(41)15-17(29)21(33)25(37)22(34)18(15)30)12-4-6-14(10(2)8-12)40-28(42)16-19(31)23(35)26(38)24(36)20(16)32/h3-8H,1-2H3,(H,39,41)(H,40,42). The van der Waals surface area contributed by atoms with E-state index in [4.69, 9.17) is 0 Å². The molecule has 42 heavy (non-hydrogen) atoms. The van der Waals surface area contributed by atoms with Crippen molar-refractivity contribution >= 4 is 23.2 Å². The van der Waals surface area contributed by atoms with Gasteiger partial charge in [-0.15, -0.1) is 0 Å². The van der Waals surface area contributed by atoms with E-state index in [1.54, 1.807) is 0 Å². The van der Waals surface area contributed by atoms with E-state index in [9.17, 15) is 53.5 Å². The third-order valence-electron chi connectivity index (χ3n) is 6.16. The van der Waals surface area contributed by atoms with Gasteiger partial charge in [0.2, 0.25) is 11.6 Å². The monoisotopic (exact) mass is 600 g/mol. The number of nitrogens with one attached hydrogen (secondary N) is 2. The Balaban J connectivity index is 1.57. The molecule has 0 radical (unpaired) electrons. The molecule has 4 aromatic rings. The maximum absolute atomic E-state index is 14.0. The molecule has 0 aliphatic carbocycles. The fraction of sp³-hybridized carbons (Fsp3) is 0.0714. The molecular formula is C28H14F10N2O2. The van der Waals surface area contributed by atoms with Crippen molar-refractivity contribution in [1.82, 2.24) is 0 Å². The van der Waals surface area contributed by atoms with E-state index in [1.165, 1.54) is 50.2 Å². The molecule has 0 aliphatic rings. The minimum Gasteiger partial charge on any atom is -0.322 e. The highest BCUT2D eigenvalue weighted by Crippen LogP contribution is 2.30. The van der Waals surface area contributed by atoms with Crippen molar-refractivity contribution in [2.24, 2.45) is 0 Å². The Kier molecular flexibility index (Phi) is 8.01. The molecule has 14 heteroatoms. The summed E-state index contributed by atoms with van der Waals surface area (Å²) >= 11 is 0. The number of hydrogen-bond acceptors (Lipinski definition) is 2. The predicted molar refractivity (Wildman–Crippen MR) is 130 cm³/mol. The van der Waals surface area contributed by atoms with Gasteiger partial charge in [-0.1, -0.05) is 12.1 Å². The van der Waals surface area contributed by atoms with Gasteiger partial charge >= 0.3 is 0 Å². The molecule has 0 saturated heterocycles. The first-order valence-corrected chi connectivity index (χ1v) is 11.5. The summed E-state index contributed by atoms with van der Waals surface area (Å²) in [5, 5.41) is 4.16. The van der Waals surface area contributed by atoms with Gasteiger partial charge in [0.05, 0.1) is 0 Å². The molecule has 4 nitrogen and oxygen atoms in total. The second kappa shape index (κ2) is 11.2. The quantitative estimate of drug-likeness (QED) is 0.139. The second-order valence-corrected chi connectivity index (χ2v) is 8.86. The number of halogens is 10. The van der Waals surface area contributed by atoms with E-state index in [0.29, 0.717) is 22.3 Å². The smallest absolute Gasteiger partial charge is 0.261 e. The number of amides is 2. The number of benzene rings is 4. The summed E-state index contributed by atoms with van der Waals surface area (Å²) in [6.45, 7) is 2.92. The van der Waals surface area contributed by atoms with Crippen LogP contribution in [-0.4, -0.2) is 11.8 Å². The third kappa shape index (κ3) is 5.15. The minimum absolute atomic E-state index is 0.0314. The van der Waals surface area contributed by atoms with Gasteiger partial charge in [-0.05, 0) is 60.4 Å². The van der Waals surface area contributed by atoms with Crippen molar-refractivity contribution in [3.05, 3.63) is 117 Å². The van der Waals surface area contributed by atoms with Crippen LogP contribution in [0.4, 0.5) is 55.3 Å². The van der Waals surface area contributed by atoms with Crippen molar-refractivity contribution in [3.63, 3.8) is 0 Å². The van der Waals surface area contributed by atoms with Crippen LogP contribution in [0.5, 0.6) is 0 Å².